The molecule has 0 aliphatic rings. The Bertz CT molecular complexity index is 899. The molecule has 0 spiro atoms. The van der Waals surface area contributed by atoms with Crippen molar-refractivity contribution in [1.29, 1.82) is 5.41 Å². The molecule has 0 unspecified atom stereocenters. The van der Waals surface area contributed by atoms with Crippen LogP contribution in [-0.2, 0) is 4.84 Å². The summed E-state index contributed by atoms with van der Waals surface area (Å²) in [6.45, 7) is 0. The highest BCUT2D eigenvalue weighted by Gasteiger charge is 2.10. The normalized spacial score (nSPS) is 10.5. The van der Waals surface area contributed by atoms with E-state index in [-0.39, 0.29) is 0 Å². The summed E-state index contributed by atoms with van der Waals surface area (Å²) in [6, 6.07) is 23.3. The molecule has 0 saturated carbocycles. The number of nitrogens with two attached hydrogens (primary N) is 2. The second-order valence-electron chi connectivity index (χ2n) is 5.67. The van der Waals surface area contributed by atoms with Crippen molar-refractivity contribution >= 4 is 34.7 Å². The molecular formula is C20H21N4OS+. The average molecular weight is 365 g/mol. The monoisotopic (exact) mass is 365 g/mol. The molecule has 0 heterocycles. The van der Waals surface area contributed by atoms with Crippen LogP contribution in [0.5, 0.6) is 0 Å². The standard InChI is InChI=1S/C20H20N4OS/c1-25-23-15-8-5-9-17(12-15)26-24-16-10-11-19(21)18(13-16)20(22)14-6-3-2-4-7-14/h2-13,22-24H,21H2,1H3/p+1. The first kappa shape index (κ1) is 18.0. The van der Waals surface area contributed by atoms with Crippen LogP contribution in [0.2, 0.25) is 0 Å². The Morgan fingerprint density at radius 1 is 1.04 bits per heavy atom. The van der Waals surface area contributed by atoms with Crippen molar-refractivity contribution in [3.05, 3.63) is 83.9 Å². The third kappa shape index (κ3) is 4.43. The minimum Gasteiger partial charge on any atom is -0.398 e. The third-order valence-corrected chi connectivity index (χ3v) is 4.61. The highest BCUT2D eigenvalue weighted by atomic mass is 32.2. The van der Waals surface area contributed by atoms with Crippen molar-refractivity contribution in [1.82, 2.24) is 0 Å². The van der Waals surface area contributed by atoms with E-state index in [9.17, 15) is 0 Å². The lowest BCUT2D eigenvalue weighted by molar-refractivity contribution is -0.830. The molecule has 0 fully saturated rings. The Morgan fingerprint density at radius 2 is 1.85 bits per heavy atom. The van der Waals surface area contributed by atoms with Crippen LogP contribution in [0.3, 0.4) is 0 Å². The second-order valence-corrected chi connectivity index (χ2v) is 6.55. The lowest BCUT2D eigenvalue weighted by Gasteiger charge is -2.11. The molecule has 6 N–H and O–H groups in total. The Kier molecular flexibility index (Phi) is 5.91. The topological polar surface area (TPSA) is 87.7 Å². The van der Waals surface area contributed by atoms with E-state index in [1.165, 1.54) is 11.9 Å². The maximum absolute atomic E-state index is 8.45. The highest BCUT2D eigenvalue weighted by molar-refractivity contribution is 8.00. The van der Waals surface area contributed by atoms with E-state index < -0.39 is 0 Å². The van der Waals surface area contributed by atoms with Crippen LogP contribution in [-0.4, -0.2) is 12.8 Å². The molecule has 5 nitrogen and oxygen atoms in total. The van der Waals surface area contributed by atoms with E-state index in [0.717, 1.165) is 21.8 Å². The largest absolute Gasteiger partial charge is 0.398 e. The summed E-state index contributed by atoms with van der Waals surface area (Å²) in [5, 5.41) is 8.45. The summed E-state index contributed by atoms with van der Waals surface area (Å²) in [5.74, 6) is 0. The van der Waals surface area contributed by atoms with E-state index in [1.807, 2.05) is 72.8 Å². The van der Waals surface area contributed by atoms with Gasteiger partial charge in [-0.1, -0.05) is 36.4 Å². The smallest absolute Gasteiger partial charge is 0.163 e. The molecule has 0 atom stereocenters. The summed E-state index contributed by atoms with van der Waals surface area (Å²) in [4.78, 5) is 6.11. The number of benzene rings is 3. The molecular weight excluding hydrogens is 344 g/mol. The SMILES string of the molecule is CO[NH2+]c1cccc(SNc2ccc(N)c(C(=N)c3ccccc3)c2)c1. The fourth-order valence-electron chi connectivity index (χ4n) is 2.50. The first-order valence-electron chi connectivity index (χ1n) is 8.10. The van der Waals surface area contributed by atoms with Crippen LogP contribution >= 0.6 is 11.9 Å². The molecule has 0 aliphatic heterocycles. The maximum Gasteiger partial charge on any atom is 0.163 e. The molecule has 3 rings (SSSR count). The van der Waals surface area contributed by atoms with Gasteiger partial charge in [-0.2, -0.15) is 5.48 Å². The van der Waals surface area contributed by atoms with Crippen LogP contribution in [0.25, 0.3) is 0 Å². The number of anilines is 2. The second kappa shape index (κ2) is 8.53. The van der Waals surface area contributed by atoms with Crippen molar-refractivity contribution in [3.63, 3.8) is 0 Å². The van der Waals surface area contributed by atoms with Crippen LogP contribution in [0.4, 0.5) is 17.1 Å². The maximum atomic E-state index is 8.45. The molecule has 0 amide bonds. The first-order valence-corrected chi connectivity index (χ1v) is 8.92. The van der Waals surface area contributed by atoms with Gasteiger partial charge >= 0.3 is 0 Å². The van der Waals surface area contributed by atoms with Crippen molar-refractivity contribution in [3.8, 4) is 0 Å². The predicted molar refractivity (Wildman–Crippen MR) is 108 cm³/mol. The summed E-state index contributed by atoms with van der Waals surface area (Å²) in [5.41, 5.74) is 12.2. The zero-order valence-electron chi connectivity index (χ0n) is 14.4. The van der Waals surface area contributed by atoms with Crippen LogP contribution in [0, 0.1) is 5.41 Å². The molecule has 26 heavy (non-hydrogen) atoms. The van der Waals surface area contributed by atoms with Gasteiger partial charge in [0.15, 0.2) is 5.69 Å². The summed E-state index contributed by atoms with van der Waals surface area (Å²) in [6.07, 6.45) is 0. The number of nitrogens with one attached hydrogen (secondary N) is 2. The van der Waals surface area contributed by atoms with Crippen LogP contribution in [0.1, 0.15) is 11.1 Å². The lowest BCUT2D eigenvalue weighted by Crippen LogP contribution is -2.75. The molecule has 0 saturated heterocycles. The van der Waals surface area contributed by atoms with E-state index in [0.29, 0.717) is 17.0 Å². The molecule has 0 aromatic heterocycles. The Hall–Kier alpha value is -2.80. The minimum atomic E-state index is 0.411. The Labute approximate surface area is 157 Å². The lowest BCUT2D eigenvalue weighted by atomic mass is 10.0. The van der Waals surface area contributed by atoms with Gasteiger partial charge in [-0.25, -0.2) is 4.84 Å². The predicted octanol–water partition coefficient (Wildman–Crippen LogP) is 3.56. The van der Waals surface area contributed by atoms with E-state index >= 15 is 0 Å². The van der Waals surface area contributed by atoms with Gasteiger partial charge in [0.1, 0.15) is 0 Å². The fourth-order valence-corrected chi connectivity index (χ4v) is 3.21. The van der Waals surface area contributed by atoms with Gasteiger partial charge < -0.3 is 10.5 Å². The minimum absolute atomic E-state index is 0.411. The van der Waals surface area contributed by atoms with Gasteiger partial charge in [-0.05, 0) is 36.2 Å². The molecule has 0 radical (unpaired) electrons. The number of hydrogen-bond donors (Lipinski definition) is 4. The Balaban J connectivity index is 1.75. The number of rotatable bonds is 7. The number of nitrogen functional groups attached to an aromatic ring is 1. The molecule has 0 aliphatic carbocycles. The summed E-state index contributed by atoms with van der Waals surface area (Å²) >= 11 is 1.50. The average Bonchev–Trinajstić information content (AvgIpc) is 2.68. The molecule has 6 heteroatoms. The van der Waals surface area contributed by atoms with Gasteiger partial charge in [0.25, 0.3) is 0 Å². The fraction of sp³-hybridized carbons (Fsp3) is 0.0500. The summed E-state index contributed by atoms with van der Waals surface area (Å²) < 4.78 is 3.31. The molecule has 3 aromatic carbocycles. The van der Waals surface area contributed by atoms with Crippen LogP contribution < -0.4 is 15.9 Å². The third-order valence-electron chi connectivity index (χ3n) is 3.78. The van der Waals surface area contributed by atoms with Crippen molar-refractivity contribution in [2.24, 2.45) is 0 Å². The van der Waals surface area contributed by atoms with Gasteiger partial charge in [0.2, 0.25) is 0 Å². The Morgan fingerprint density at radius 3 is 2.62 bits per heavy atom. The zero-order chi connectivity index (χ0) is 18.4. The quantitative estimate of drug-likeness (QED) is 0.223. The summed E-state index contributed by atoms with van der Waals surface area (Å²) in [7, 11) is 1.63. The number of quaternary nitrogens is 1. The van der Waals surface area contributed by atoms with Crippen molar-refractivity contribution in [2.75, 3.05) is 17.6 Å². The van der Waals surface area contributed by atoms with Gasteiger partial charge in [-0.15, -0.1) is 0 Å². The van der Waals surface area contributed by atoms with Gasteiger partial charge in [0.05, 0.1) is 12.8 Å². The number of hydrogen-bond acceptors (Lipinski definition) is 5. The van der Waals surface area contributed by atoms with Gasteiger partial charge in [-0.3, -0.25) is 5.41 Å². The zero-order valence-corrected chi connectivity index (χ0v) is 15.2. The van der Waals surface area contributed by atoms with Gasteiger partial charge in [0, 0.05) is 39.5 Å². The van der Waals surface area contributed by atoms with E-state index in [2.05, 4.69) is 4.72 Å². The molecule has 0 bridgehead atoms. The van der Waals surface area contributed by atoms with Crippen LogP contribution in [0.15, 0.2) is 77.7 Å². The first-order chi connectivity index (χ1) is 12.7. The van der Waals surface area contributed by atoms with Crippen molar-refractivity contribution < 1.29 is 10.3 Å². The molecule has 3 aromatic rings. The van der Waals surface area contributed by atoms with Crippen molar-refractivity contribution in [2.45, 2.75) is 4.90 Å². The van der Waals surface area contributed by atoms with E-state index in [4.69, 9.17) is 16.0 Å². The highest BCUT2D eigenvalue weighted by Crippen LogP contribution is 2.26. The van der Waals surface area contributed by atoms with E-state index in [1.54, 1.807) is 12.6 Å². The molecule has 132 valence electrons.